The summed E-state index contributed by atoms with van der Waals surface area (Å²) in [7, 11) is 3.19. The fraction of sp³-hybridized carbons (Fsp3) is 0.238. The van der Waals surface area contributed by atoms with E-state index in [1.807, 2.05) is 37.3 Å². The van der Waals surface area contributed by atoms with Crippen molar-refractivity contribution in [3.63, 3.8) is 0 Å². The third-order valence-corrected chi connectivity index (χ3v) is 5.15. The molecule has 2 unspecified atom stereocenters. The zero-order valence-electron chi connectivity index (χ0n) is 14.7. The van der Waals surface area contributed by atoms with Crippen molar-refractivity contribution in [1.82, 2.24) is 0 Å². The maximum Gasteiger partial charge on any atom is 0.271 e. The third kappa shape index (κ3) is 1.76. The average molecular weight is 350 g/mol. The van der Waals surface area contributed by atoms with Gasteiger partial charge in [0.05, 0.1) is 18.2 Å². The van der Waals surface area contributed by atoms with Crippen LogP contribution in [0, 0.1) is 6.92 Å². The van der Waals surface area contributed by atoms with Crippen LogP contribution in [-0.4, -0.2) is 19.3 Å². The molecule has 0 saturated carbocycles. The van der Waals surface area contributed by atoms with E-state index in [0.29, 0.717) is 17.1 Å². The van der Waals surface area contributed by atoms with E-state index in [9.17, 15) is 5.11 Å². The van der Waals surface area contributed by atoms with Gasteiger partial charge >= 0.3 is 0 Å². The van der Waals surface area contributed by atoms with Gasteiger partial charge in [0.1, 0.15) is 17.2 Å². The molecule has 2 aliphatic rings. The van der Waals surface area contributed by atoms with E-state index < -0.39 is 12.1 Å². The molecule has 3 aromatic carbocycles. The van der Waals surface area contributed by atoms with Gasteiger partial charge in [-0.2, -0.15) is 0 Å². The highest BCUT2D eigenvalue weighted by Gasteiger charge is 2.56. The van der Waals surface area contributed by atoms with Crippen molar-refractivity contribution in [3.05, 3.63) is 64.7 Å². The number of phenolic OH excluding ortho intramolecular Hbond substituents is 1. The van der Waals surface area contributed by atoms with Gasteiger partial charge in [0.25, 0.3) is 5.79 Å². The van der Waals surface area contributed by atoms with Crippen LogP contribution in [0.2, 0.25) is 0 Å². The first-order valence-electron chi connectivity index (χ1n) is 8.43. The standard InChI is InChI=1S/C21H18O5/c1-11-9-12-7-8-14(22)19-17(12)16(10-11)25-21(19)13-5-4-6-15(23-2)18(13)20(24-3)26-21/h4-10,20,22H,1-3H3. The smallest absolute Gasteiger partial charge is 0.271 e. The first-order chi connectivity index (χ1) is 12.6. The fourth-order valence-corrected chi connectivity index (χ4v) is 4.14. The highest BCUT2D eigenvalue weighted by atomic mass is 16.8. The molecular formula is C21H18O5. The Kier molecular flexibility index (Phi) is 3.05. The molecule has 2 atom stereocenters. The Labute approximate surface area is 150 Å². The number of aryl methyl sites for hydroxylation is 1. The molecule has 2 aliphatic heterocycles. The predicted molar refractivity (Wildman–Crippen MR) is 95.6 cm³/mol. The molecule has 5 nitrogen and oxygen atoms in total. The summed E-state index contributed by atoms with van der Waals surface area (Å²) >= 11 is 0. The second-order valence-corrected chi connectivity index (χ2v) is 6.65. The summed E-state index contributed by atoms with van der Waals surface area (Å²) in [6.45, 7) is 2.02. The molecule has 0 radical (unpaired) electrons. The van der Waals surface area contributed by atoms with E-state index in [0.717, 1.165) is 27.5 Å². The number of fused-ring (bicyclic) bond motifs is 3. The molecule has 26 heavy (non-hydrogen) atoms. The molecule has 0 bridgehead atoms. The van der Waals surface area contributed by atoms with Crippen LogP contribution in [0.25, 0.3) is 10.8 Å². The number of rotatable bonds is 2. The second kappa shape index (κ2) is 5.13. The third-order valence-electron chi connectivity index (χ3n) is 5.15. The summed E-state index contributed by atoms with van der Waals surface area (Å²) in [5.74, 6) is 0.222. The van der Waals surface area contributed by atoms with Crippen molar-refractivity contribution in [2.45, 2.75) is 19.0 Å². The van der Waals surface area contributed by atoms with Gasteiger partial charge in [-0.1, -0.05) is 24.3 Å². The molecule has 1 spiro atoms. The Morgan fingerprint density at radius 1 is 1.12 bits per heavy atom. The van der Waals surface area contributed by atoms with Gasteiger partial charge in [0, 0.05) is 18.1 Å². The van der Waals surface area contributed by atoms with Crippen molar-refractivity contribution < 1.29 is 24.1 Å². The van der Waals surface area contributed by atoms with Crippen LogP contribution in [0.4, 0.5) is 0 Å². The van der Waals surface area contributed by atoms with Crippen LogP contribution in [-0.2, 0) is 15.3 Å². The lowest BCUT2D eigenvalue weighted by Gasteiger charge is -2.26. The lowest BCUT2D eigenvalue weighted by molar-refractivity contribution is -0.238. The highest BCUT2D eigenvalue weighted by molar-refractivity contribution is 5.97. The van der Waals surface area contributed by atoms with Gasteiger partial charge < -0.3 is 19.3 Å². The van der Waals surface area contributed by atoms with Gasteiger partial charge in [-0.15, -0.1) is 0 Å². The Hall–Kier alpha value is -2.76. The minimum absolute atomic E-state index is 0.130. The van der Waals surface area contributed by atoms with Gasteiger partial charge in [-0.3, -0.25) is 4.74 Å². The molecule has 0 amide bonds. The van der Waals surface area contributed by atoms with Crippen LogP contribution in [0.3, 0.4) is 0 Å². The van der Waals surface area contributed by atoms with Crippen LogP contribution < -0.4 is 9.47 Å². The SMILES string of the molecule is COc1cccc2c1C(OC)OC21Oc2cc(C)cc3ccc(O)c1c23. The molecule has 5 rings (SSSR count). The molecule has 3 aromatic rings. The topological polar surface area (TPSA) is 57.2 Å². The molecule has 132 valence electrons. The van der Waals surface area contributed by atoms with E-state index >= 15 is 0 Å². The highest BCUT2D eigenvalue weighted by Crippen LogP contribution is 2.59. The minimum Gasteiger partial charge on any atom is -0.507 e. The van der Waals surface area contributed by atoms with Crippen molar-refractivity contribution in [3.8, 4) is 17.2 Å². The Bertz CT molecular complexity index is 1060. The first-order valence-corrected chi connectivity index (χ1v) is 8.43. The average Bonchev–Trinajstić information content (AvgIpc) is 3.14. The normalized spacial score (nSPS) is 22.7. The largest absolute Gasteiger partial charge is 0.507 e. The first kappa shape index (κ1) is 15.5. The Balaban J connectivity index is 1.86. The van der Waals surface area contributed by atoms with Gasteiger partial charge in [-0.25, -0.2) is 0 Å². The maximum atomic E-state index is 10.7. The van der Waals surface area contributed by atoms with Crippen LogP contribution >= 0.6 is 0 Å². The number of aromatic hydroxyl groups is 1. The molecule has 0 aliphatic carbocycles. The van der Waals surface area contributed by atoms with Crippen LogP contribution in [0.1, 0.15) is 28.5 Å². The molecular weight excluding hydrogens is 332 g/mol. The van der Waals surface area contributed by atoms with Crippen molar-refractivity contribution in [1.29, 1.82) is 0 Å². The maximum absolute atomic E-state index is 10.7. The van der Waals surface area contributed by atoms with Crippen molar-refractivity contribution >= 4 is 10.8 Å². The summed E-state index contributed by atoms with van der Waals surface area (Å²) < 4.78 is 23.7. The number of hydrogen-bond acceptors (Lipinski definition) is 5. The lowest BCUT2D eigenvalue weighted by Crippen LogP contribution is -2.31. The predicted octanol–water partition coefficient (Wildman–Crippen LogP) is 4.13. The van der Waals surface area contributed by atoms with E-state index in [2.05, 4.69) is 6.07 Å². The van der Waals surface area contributed by atoms with Crippen molar-refractivity contribution in [2.24, 2.45) is 0 Å². The second-order valence-electron chi connectivity index (χ2n) is 6.65. The van der Waals surface area contributed by atoms with E-state index in [1.54, 1.807) is 20.3 Å². The molecule has 0 saturated heterocycles. The number of methoxy groups -OCH3 is 2. The molecule has 0 fully saturated rings. The van der Waals surface area contributed by atoms with Crippen LogP contribution in [0.15, 0.2) is 42.5 Å². The molecule has 2 heterocycles. The van der Waals surface area contributed by atoms with E-state index in [-0.39, 0.29) is 5.75 Å². The van der Waals surface area contributed by atoms with E-state index in [4.69, 9.17) is 18.9 Å². The lowest BCUT2D eigenvalue weighted by atomic mass is 9.92. The monoisotopic (exact) mass is 350 g/mol. The molecule has 0 aromatic heterocycles. The summed E-state index contributed by atoms with van der Waals surface area (Å²) in [5, 5.41) is 12.6. The summed E-state index contributed by atoms with van der Waals surface area (Å²) in [5.41, 5.74) is 3.24. The minimum atomic E-state index is -1.26. The van der Waals surface area contributed by atoms with E-state index in [1.165, 1.54) is 0 Å². The summed E-state index contributed by atoms with van der Waals surface area (Å²) in [6.07, 6.45) is -0.661. The Morgan fingerprint density at radius 2 is 1.96 bits per heavy atom. The molecule has 5 heteroatoms. The zero-order valence-corrected chi connectivity index (χ0v) is 14.7. The molecule has 1 N–H and O–H groups in total. The van der Waals surface area contributed by atoms with Gasteiger partial charge in [0.15, 0.2) is 6.29 Å². The number of phenols is 1. The summed E-state index contributed by atoms with van der Waals surface area (Å²) in [6, 6.07) is 13.3. The fourth-order valence-electron chi connectivity index (χ4n) is 4.14. The number of hydrogen-bond donors (Lipinski definition) is 1. The van der Waals surface area contributed by atoms with Gasteiger partial charge in [0.2, 0.25) is 0 Å². The summed E-state index contributed by atoms with van der Waals surface area (Å²) in [4.78, 5) is 0. The zero-order chi connectivity index (χ0) is 18.1. The Morgan fingerprint density at radius 3 is 2.73 bits per heavy atom. The van der Waals surface area contributed by atoms with Crippen molar-refractivity contribution in [2.75, 3.05) is 14.2 Å². The van der Waals surface area contributed by atoms with Gasteiger partial charge in [-0.05, 0) is 36.1 Å². The number of ether oxygens (including phenoxy) is 4. The number of benzene rings is 3. The quantitative estimate of drug-likeness (QED) is 0.753. The van der Waals surface area contributed by atoms with Crippen LogP contribution in [0.5, 0.6) is 17.2 Å².